The van der Waals surface area contributed by atoms with Crippen molar-refractivity contribution in [2.45, 2.75) is 39.7 Å². The maximum atomic E-state index is 8.37. The summed E-state index contributed by atoms with van der Waals surface area (Å²) in [7, 11) is 0. The fraction of sp³-hybridized carbons (Fsp3) is 1.00. The van der Waals surface area contributed by atoms with Crippen LogP contribution in [0.25, 0.3) is 10.4 Å². The minimum Gasteiger partial charge on any atom is -0.0903 e. The Morgan fingerprint density at radius 1 is 1.25 bits per heavy atom. The molecule has 0 bridgehead atoms. The van der Waals surface area contributed by atoms with E-state index in [4.69, 9.17) is 5.53 Å². The Labute approximate surface area is 73.8 Å². The van der Waals surface area contributed by atoms with Gasteiger partial charge in [-0.2, -0.15) is 0 Å². The Kier molecular flexibility index (Phi) is 2.99. The standard InChI is InChI=1S/C9H17N3/c1-6-4-7(2)8(3)9(5-6)11-12-10/h6-9H,4-5H2,1-3H3/t6-,7?,8-,9?/m0/s1. The highest BCUT2D eigenvalue weighted by atomic mass is 15.1. The molecule has 1 aliphatic carbocycles. The van der Waals surface area contributed by atoms with Crippen molar-refractivity contribution in [3.63, 3.8) is 0 Å². The molecule has 0 aromatic carbocycles. The average molecular weight is 167 g/mol. The summed E-state index contributed by atoms with van der Waals surface area (Å²) in [6.45, 7) is 6.68. The van der Waals surface area contributed by atoms with Gasteiger partial charge >= 0.3 is 0 Å². The van der Waals surface area contributed by atoms with E-state index in [1.807, 2.05) is 0 Å². The fourth-order valence-electron chi connectivity index (χ4n) is 2.17. The predicted molar refractivity (Wildman–Crippen MR) is 49.7 cm³/mol. The summed E-state index contributed by atoms with van der Waals surface area (Å²) in [4.78, 5) is 2.90. The molecule has 0 aromatic rings. The van der Waals surface area contributed by atoms with Crippen molar-refractivity contribution in [3.8, 4) is 0 Å². The van der Waals surface area contributed by atoms with E-state index < -0.39 is 0 Å². The second kappa shape index (κ2) is 3.81. The minimum absolute atomic E-state index is 0.230. The van der Waals surface area contributed by atoms with Crippen LogP contribution >= 0.6 is 0 Å². The summed E-state index contributed by atoms with van der Waals surface area (Å²) in [5, 5.41) is 3.85. The molecule has 0 aromatic heterocycles. The molecule has 0 heterocycles. The molecule has 3 nitrogen and oxygen atoms in total. The first-order chi connectivity index (χ1) is 5.65. The molecule has 68 valence electrons. The molecule has 0 radical (unpaired) electrons. The smallest absolute Gasteiger partial charge is 0.0404 e. The van der Waals surface area contributed by atoms with Crippen LogP contribution in [0.15, 0.2) is 5.11 Å². The van der Waals surface area contributed by atoms with Crippen molar-refractivity contribution in [3.05, 3.63) is 10.4 Å². The molecule has 0 saturated heterocycles. The van der Waals surface area contributed by atoms with Crippen molar-refractivity contribution in [1.82, 2.24) is 0 Å². The lowest BCUT2D eigenvalue weighted by Gasteiger charge is -2.35. The Morgan fingerprint density at radius 2 is 1.92 bits per heavy atom. The lowest BCUT2D eigenvalue weighted by molar-refractivity contribution is 0.189. The molecule has 1 fully saturated rings. The summed E-state index contributed by atoms with van der Waals surface area (Å²) in [5.74, 6) is 1.97. The van der Waals surface area contributed by atoms with Gasteiger partial charge < -0.3 is 0 Å². The number of rotatable bonds is 1. The lowest BCUT2D eigenvalue weighted by Crippen LogP contribution is -2.30. The molecule has 0 amide bonds. The first-order valence-electron chi connectivity index (χ1n) is 4.69. The van der Waals surface area contributed by atoms with E-state index >= 15 is 0 Å². The van der Waals surface area contributed by atoms with Gasteiger partial charge in [-0.1, -0.05) is 25.9 Å². The Morgan fingerprint density at radius 3 is 2.50 bits per heavy atom. The number of azide groups is 1. The van der Waals surface area contributed by atoms with Gasteiger partial charge in [-0.25, -0.2) is 0 Å². The van der Waals surface area contributed by atoms with Crippen LogP contribution in [0.1, 0.15) is 33.6 Å². The zero-order valence-electron chi connectivity index (χ0n) is 8.07. The van der Waals surface area contributed by atoms with E-state index in [1.54, 1.807) is 0 Å². The van der Waals surface area contributed by atoms with E-state index in [-0.39, 0.29) is 6.04 Å². The molecule has 0 N–H and O–H groups in total. The van der Waals surface area contributed by atoms with Crippen molar-refractivity contribution < 1.29 is 0 Å². The molecule has 1 rings (SSSR count). The monoisotopic (exact) mass is 167 g/mol. The first kappa shape index (κ1) is 9.40. The van der Waals surface area contributed by atoms with Gasteiger partial charge in [0.1, 0.15) is 0 Å². The van der Waals surface area contributed by atoms with Crippen LogP contribution in [0.5, 0.6) is 0 Å². The van der Waals surface area contributed by atoms with Crippen LogP contribution in [0.2, 0.25) is 0 Å². The molecule has 4 atom stereocenters. The third kappa shape index (κ3) is 1.92. The zero-order chi connectivity index (χ0) is 9.14. The minimum atomic E-state index is 0.230. The maximum Gasteiger partial charge on any atom is 0.0404 e. The van der Waals surface area contributed by atoms with Gasteiger partial charge in [-0.3, -0.25) is 0 Å². The lowest BCUT2D eigenvalue weighted by atomic mass is 9.74. The summed E-state index contributed by atoms with van der Waals surface area (Å²) >= 11 is 0. The molecule has 12 heavy (non-hydrogen) atoms. The molecule has 1 aliphatic rings. The van der Waals surface area contributed by atoms with Gasteiger partial charge in [0.25, 0.3) is 0 Å². The van der Waals surface area contributed by atoms with Gasteiger partial charge in [-0.05, 0) is 36.1 Å². The van der Waals surface area contributed by atoms with Crippen molar-refractivity contribution in [1.29, 1.82) is 0 Å². The van der Waals surface area contributed by atoms with E-state index in [1.165, 1.54) is 6.42 Å². The van der Waals surface area contributed by atoms with Gasteiger partial charge in [0.05, 0.1) is 0 Å². The van der Waals surface area contributed by atoms with Gasteiger partial charge in [0, 0.05) is 11.0 Å². The van der Waals surface area contributed by atoms with Crippen LogP contribution in [0, 0.1) is 17.8 Å². The molecule has 0 aliphatic heterocycles. The second-order valence-electron chi connectivity index (χ2n) is 4.19. The largest absolute Gasteiger partial charge is 0.0903 e. The Hall–Kier alpha value is -0.690. The molecule has 0 spiro atoms. The van der Waals surface area contributed by atoms with Crippen molar-refractivity contribution in [2.75, 3.05) is 0 Å². The molecular formula is C9H17N3. The molecule has 3 heteroatoms. The number of hydrogen-bond acceptors (Lipinski definition) is 1. The van der Waals surface area contributed by atoms with Crippen LogP contribution in [-0.4, -0.2) is 6.04 Å². The number of nitrogens with zero attached hydrogens (tertiary/aromatic N) is 3. The fourth-order valence-corrected chi connectivity index (χ4v) is 2.17. The predicted octanol–water partition coefficient (Wildman–Crippen LogP) is 3.37. The average Bonchev–Trinajstić information content (AvgIpc) is 2.00. The highest BCUT2D eigenvalue weighted by molar-refractivity contribution is 4.85. The SMILES string of the molecule is CC1C[C@H](C)CC(N=[N+]=[N-])[C@H]1C. The van der Waals surface area contributed by atoms with Crippen LogP contribution < -0.4 is 0 Å². The third-order valence-electron chi connectivity index (χ3n) is 3.12. The van der Waals surface area contributed by atoms with Crippen molar-refractivity contribution >= 4 is 0 Å². The molecular weight excluding hydrogens is 150 g/mol. The first-order valence-corrected chi connectivity index (χ1v) is 4.69. The third-order valence-corrected chi connectivity index (χ3v) is 3.12. The van der Waals surface area contributed by atoms with Gasteiger partial charge in [-0.15, -0.1) is 0 Å². The highest BCUT2D eigenvalue weighted by Gasteiger charge is 2.29. The van der Waals surface area contributed by atoms with Crippen LogP contribution in [0.3, 0.4) is 0 Å². The summed E-state index contributed by atoms with van der Waals surface area (Å²) in [5.41, 5.74) is 8.37. The Bertz CT molecular complexity index is 196. The highest BCUT2D eigenvalue weighted by Crippen LogP contribution is 2.35. The second-order valence-corrected chi connectivity index (χ2v) is 4.19. The van der Waals surface area contributed by atoms with E-state index in [2.05, 4.69) is 30.8 Å². The molecule has 2 unspecified atom stereocenters. The van der Waals surface area contributed by atoms with E-state index in [0.29, 0.717) is 17.8 Å². The number of hydrogen-bond donors (Lipinski definition) is 0. The van der Waals surface area contributed by atoms with Gasteiger partial charge in [0.15, 0.2) is 0 Å². The van der Waals surface area contributed by atoms with E-state index in [9.17, 15) is 0 Å². The topological polar surface area (TPSA) is 48.8 Å². The quantitative estimate of drug-likeness (QED) is 0.326. The van der Waals surface area contributed by atoms with E-state index in [0.717, 1.165) is 6.42 Å². The van der Waals surface area contributed by atoms with Crippen molar-refractivity contribution in [2.24, 2.45) is 22.9 Å². The zero-order valence-corrected chi connectivity index (χ0v) is 8.07. The van der Waals surface area contributed by atoms with Gasteiger partial charge in [0.2, 0.25) is 0 Å². The van der Waals surface area contributed by atoms with Crippen LogP contribution in [-0.2, 0) is 0 Å². The Balaban J connectivity index is 2.65. The molecule has 1 saturated carbocycles. The summed E-state index contributed by atoms with van der Waals surface area (Å²) < 4.78 is 0. The summed E-state index contributed by atoms with van der Waals surface area (Å²) in [6.07, 6.45) is 2.34. The normalized spacial score (nSPS) is 41.9. The summed E-state index contributed by atoms with van der Waals surface area (Å²) in [6, 6.07) is 0.230. The maximum absolute atomic E-state index is 8.37. The van der Waals surface area contributed by atoms with Crippen LogP contribution in [0.4, 0.5) is 0 Å².